The van der Waals surface area contributed by atoms with Crippen molar-refractivity contribution in [3.8, 4) is 0 Å². The summed E-state index contributed by atoms with van der Waals surface area (Å²) in [6.45, 7) is 6.57. The first-order chi connectivity index (χ1) is 34.0. The molecule has 0 rings (SSSR count). The molecule has 0 aliphatic carbocycles. The molecule has 0 amide bonds. The van der Waals surface area contributed by atoms with Crippen LogP contribution in [0.3, 0.4) is 0 Å². The van der Waals surface area contributed by atoms with Crippen molar-refractivity contribution >= 4 is 17.9 Å². The summed E-state index contributed by atoms with van der Waals surface area (Å²) in [5.41, 5.74) is 0. The highest BCUT2D eigenvalue weighted by molar-refractivity contribution is 5.71. The van der Waals surface area contributed by atoms with Gasteiger partial charge in [-0.15, -0.1) is 0 Å². The summed E-state index contributed by atoms with van der Waals surface area (Å²) >= 11 is 0. The van der Waals surface area contributed by atoms with Crippen LogP contribution in [-0.4, -0.2) is 37.2 Å². The Balaban J connectivity index is 4.10. The minimum atomic E-state index is -0.775. The maximum Gasteiger partial charge on any atom is 0.306 e. The summed E-state index contributed by atoms with van der Waals surface area (Å²) in [5, 5.41) is 0. The van der Waals surface area contributed by atoms with Gasteiger partial charge in [0.2, 0.25) is 0 Å². The standard InChI is InChI=1S/C63H112O6/c1-4-7-10-13-16-18-20-22-24-26-28-29-30-31-32-33-34-35-36-38-39-41-43-45-47-50-53-56-62(65)68-59-60(58-67-61(64)55-52-49-15-12-9-6-3)69-63(66)57-54-51-48-46-44-42-40-37-27-25-23-21-19-17-14-11-8-5-2/h19-22,25-28,30-31,60H,4-18,23-24,29,32-59H2,1-3H3/b21-19-,22-20-,27-25-,28-26-,31-30-. The molecule has 0 aromatic carbocycles. The zero-order valence-corrected chi connectivity index (χ0v) is 45.8. The predicted molar refractivity (Wildman–Crippen MR) is 298 cm³/mol. The van der Waals surface area contributed by atoms with Crippen LogP contribution in [0.2, 0.25) is 0 Å². The van der Waals surface area contributed by atoms with Crippen LogP contribution >= 0.6 is 0 Å². The highest BCUT2D eigenvalue weighted by atomic mass is 16.6. The maximum absolute atomic E-state index is 12.8. The van der Waals surface area contributed by atoms with E-state index in [4.69, 9.17) is 14.2 Å². The summed E-state index contributed by atoms with van der Waals surface area (Å²) in [6, 6.07) is 0. The molecule has 0 bridgehead atoms. The summed E-state index contributed by atoms with van der Waals surface area (Å²) in [6.07, 6.45) is 72.5. The molecule has 0 saturated heterocycles. The number of carbonyl (C=O) groups excluding carboxylic acids is 3. The molecule has 0 aromatic heterocycles. The fourth-order valence-corrected chi connectivity index (χ4v) is 8.48. The van der Waals surface area contributed by atoms with Crippen LogP contribution in [0.1, 0.15) is 303 Å². The van der Waals surface area contributed by atoms with Gasteiger partial charge < -0.3 is 14.2 Å². The van der Waals surface area contributed by atoms with E-state index >= 15 is 0 Å². The number of hydrogen-bond acceptors (Lipinski definition) is 6. The second-order valence-electron chi connectivity index (χ2n) is 19.9. The van der Waals surface area contributed by atoms with E-state index in [1.807, 2.05) is 0 Å². The van der Waals surface area contributed by atoms with Crippen LogP contribution in [0.5, 0.6) is 0 Å². The molecule has 0 N–H and O–H groups in total. The van der Waals surface area contributed by atoms with Crippen LogP contribution < -0.4 is 0 Å². The Morgan fingerprint density at radius 1 is 0.290 bits per heavy atom. The van der Waals surface area contributed by atoms with Crippen molar-refractivity contribution in [3.05, 3.63) is 60.8 Å². The Bertz CT molecular complexity index is 1250. The molecule has 0 fully saturated rings. The Hall–Kier alpha value is -2.89. The number of hydrogen-bond donors (Lipinski definition) is 0. The first-order valence-corrected chi connectivity index (χ1v) is 29.8. The molecule has 0 radical (unpaired) electrons. The van der Waals surface area contributed by atoms with Gasteiger partial charge in [-0.25, -0.2) is 0 Å². The van der Waals surface area contributed by atoms with Crippen molar-refractivity contribution in [2.75, 3.05) is 13.2 Å². The average molecular weight is 966 g/mol. The zero-order chi connectivity index (χ0) is 50.0. The van der Waals surface area contributed by atoms with Crippen molar-refractivity contribution in [2.45, 2.75) is 309 Å². The van der Waals surface area contributed by atoms with E-state index in [9.17, 15) is 14.4 Å². The summed E-state index contributed by atoms with van der Waals surface area (Å²) in [7, 11) is 0. The van der Waals surface area contributed by atoms with Crippen molar-refractivity contribution < 1.29 is 28.6 Å². The monoisotopic (exact) mass is 965 g/mol. The molecule has 6 heteroatoms. The molecule has 6 nitrogen and oxygen atoms in total. The molecule has 0 aromatic rings. The van der Waals surface area contributed by atoms with Gasteiger partial charge in [0, 0.05) is 19.3 Å². The third-order valence-corrected chi connectivity index (χ3v) is 13.0. The van der Waals surface area contributed by atoms with Gasteiger partial charge in [-0.05, 0) is 89.9 Å². The highest BCUT2D eigenvalue weighted by Gasteiger charge is 2.19. The summed E-state index contributed by atoms with van der Waals surface area (Å²) in [4.78, 5) is 37.9. The number of esters is 3. The molecule has 0 heterocycles. The van der Waals surface area contributed by atoms with Crippen molar-refractivity contribution in [1.82, 2.24) is 0 Å². The van der Waals surface area contributed by atoms with Crippen LogP contribution in [-0.2, 0) is 28.6 Å². The molecule has 1 atom stereocenters. The second kappa shape index (κ2) is 57.7. The molecule has 0 saturated carbocycles. The minimum absolute atomic E-state index is 0.0768. The molecule has 400 valence electrons. The Morgan fingerprint density at radius 3 is 0.826 bits per heavy atom. The number of carbonyl (C=O) groups is 3. The van der Waals surface area contributed by atoms with Gasteiger partial charge in [0.15, 0.2) is 6.10 Å². The normalized spacial score (nSPS) is 12.4. The van der Waals surface area contributed by atoms with Gasteiger partial charge in [-0.2, -0.15) is 0 Å². The molecule has 1 unspecified atom stereocenters. The quantitative estimate of drug-likeness (QED) is 0.0262. The molecular formula is C63H112O6. The lowest BCUT2D eigenvalue weighted by molar-refractivity contribution is -0.167. The fourth-order valence-electron chi connectivity index (χ4n) is 8.48. The first-order valence-electron chi connectivity index (χ1n) is 29.8. The topological polar surface area (TPSA) is 78.9 Å². The second-order valence-corrected chi connectivity index (χ2v) is 19.9. The third kappa shape index (κ3) is 55.9. The highest BCUT2D eigenvalue weighted by Crippen LogP contribution is 2.16. The van der Waals surface area contributed by atoms with Gasteiger partial charge in [-0.3, -0.25) is 14.4 Å². The number of allylic oxidation sites excluding steroid dienone is 10. The largest absolute Gasteiger partial charge is 0.462 e. The number of ether oxygens (including phenoxy) is 3. The van der Waals surface area contributed by atoms with E-state index in [0.29, 0.717) is 19.3 Å². The summed E-state index contributed by atoms with van der Waals surface area (Å²) < 4.78 is 16.8. The Kier molecular flexibility index (Phi) is 55.3. The Labute approximate surface area is 428 Å². The lowest BCUT2D eigenvalue weighted by atomic mass is 10.0. The average Bonchev–Trinajstić information content (AvgIpc) is 3.35. The van der Waals surface area contributed by atoms with Crippen molar-refractivity contribution in [3.63, 3.8) is 0 Å². The van der Waals surface area contributed by atoms with Crippen molar-refractivity contribution in [1.29, 1.82) is 0 Å². The van der Waals surface area contributed by atoms with Gasteiger partial charge >= 0.3 is 17.9 Å². The van der Waals surface area contributed by atoms with E-state index in [1.54, 1.807) is 0 Å². The molecule has 69 heavy (non-hydrogen) atoms. The van der Waals surface area contributed by atoms with Crippen LogP contribution in [0.4, 0.5) is 0 Å². The SMILES string of the molecule is CCCCCC/C=C\C/C=C\CCCCCCCCCC(=O)OC(COC(=O)CCCCCCCC)COC(=O)CCCCCCCCCCCCCC/C=C\C/C=C\C/C=C\CCCCCCC. The fraction of sp³-hybridized carbons (Fsp3) is 0.794. The van der Waals surface area contributed by atoms with E-state index < -0.39 is 6.10 Å². The first kappa shape index (κ1) is 66.1. The minimum Gasteiger partial charge on any atom is -0.462 e. The van der Waals surface area contributed by atoms with Gasteiger partial charge in [0.05, 0.1) is 0 Å². The van der Waals surface area contributed by atoms with Crippen LogP contribution in [0.15, 0.2) is 60.8 Å². The van der Waals surface area contributed by atoms with E-state index in [-0.39, 0.29) is 31.1 Å². The predicted octanol–water partition coefficient (Wildman–Crippen LogP) is 20.0. The lowest BCUT2D eigenvalue weighted by Crippen LogP contribution is -2.30. The number of unbranched alkanes of at least 4 members (excludes halogenated alkanes) is 33. The van der Waals surface area contributed by atoms with E-state index in [1.165, 1.54) is 180 Å². The van der Waals surface area contributed by atoms with Gasteiger partial charge in [-0.1, -0.05) is 255 Å². The molecular weight excluding hydrogens is 853 g/mol. The summed E-state index contributed by atoms with van der Waals surface area (Å²) in [5.74, 6) is -0.886. The zero-order valence-electron chi connectivity index (χ0n) is 45.8. The maximum atomic E-state index is 12.8. The van der Waals surface area contributed by atoms with Crippen LogP contribution in [0, 0.1) is 0 Å². The van der Waals surface area contributed by atoms with Gasteiger partial charge in [0.1, 0.15) is 13.2 Å². The van der Waals surface area contributed by atoms with Gasteiger partial charge in [0.25, 0.3) is 0 Å². The van der Waals surface area contributed by atoms with Crippen molar-refractivity contribution in [2.24, 2.45) is 0 Å². The smallest absolute Gasteiger partial charge is 0.306 e. The van der Waals surface area contributed by atoms with E-state index in [2.05, 4.69) is 81.5 Å². The number of rotatable bonds is 54. The van der Waals surface area contributed by atoms with Crippen LogP contribution in [0.25, 0.3) is 0 Å². The third-order valence-electron chi connectivity index (χ3n) is 13.0. The molecule has 0 spiro atoms. The molecule has 0 aliphatic rings. The molecule has 0 aliphatic heterocycles. The Morgan fingerprint density at radius 2 is 0.522 bits per heavy atom. The lowest BCUT2D eigenvalue weighted by Gasteiger charge is -2.18. The van der Waals surface area contributed by atoms with E-state index in [0.717, 1.165) is 83.5 Å².